The number of carbonyl (C=O) groups excluding carboxylic acids is 1. The molecule has 0 saturated carbocycles. The van der Waals surface area contributed by atoms with Crippen molar-refractivity contribution >= 4 is 23.4 Å². The number of rotatable bonds is 3. The Morgan fingerprint density at radius 1 is 1.21 bits per heavy atom. The number of thiazole rings is 1. The van der Waals surface area contributed by atoms with Gasteiger partial charge in [-0.25, -0.2) is 14.2 Å². The summed E-state index contributed by atoms with van der Waals surface area (Å²) in [5, 5.41) is 0. The second-order valence-corrected chi connectivity index (χ2v) is 7.55. The zero-order valence-electron chi connectivity index (χ0n) is 15.8. The van der Waals surface area contributed by atoms with E-state index < -0.39 is 12.0 Å². The van der Waals surface area contributed by atoms with E-state index in [1.807, 2.05) is 30.3 Å². The molecule has 2 aromatic carbocycles. The molecule has 0 spiro atoms. The third-order valence-corrected chi connectivity index (χ3v) is 5.67. The van der Waals surface area contributed by atoms with E-state index in [-0.39, 0.29) is 11.4 Å². The van der Waals surface area contributed by atoms with Crippen LogP contribution < -0.4 is 14.9 Å². The fraction of sp³-hybridized carbons (Fsp3) is 0.136. The Labute approximate surface area is 169 Å². The van der Waals surface area contributed by atoms with E-state index in [2.05, 4.69) is 4.99 Å². The number of halogens is 1. The molecule has 0 bridgehead atoms. The number of hydrogen-bond acceptors (Lipinski definition) is 5. The second kappa shape index (κ2) is 7.60. The Hall–Kier alpha value is -3.32. The lowest BCUT2D eigenvalue weighted by Gasteiger charge is -2.24. The van der Waals surface area contributed by atoms with Gasteiger partial charge < -0.3 is 4.74 Å². The monoisotopic (exact) mass is 408 g/mol. The Morgan fingerprint density at radius 3 is 2.66 bits per heavy atom. The van der Waals surface area contributed by atoms with Gasteiger partial charge in [0.25, 0.3) is 5.56 Å². The van der Waals surface area contributed by atoms with Crippen molar-refractivity contribution in [1.29, 1.82) is 0 Å². The van der Waals surface area contributed by atoms with Crippen molar-refractivity contribution in [3.8, 4) is 0 Å². The molecule has 3 aromatic rings. The van der Waals surface area contributed by atoms with Gasteiger partial charge in [-0.3, -0.25) is 9.36 Å². The minimum absolute atomic E-state index is 0.291. The van der Waals surface area contributed by atoms with Gasteiger partial charge >= 0.3 is 5.97 Å². The van der Waals surface area contributed by atoms with E-state index in [1.165, 1.54) is 35.1 Å². The van der Waals surface area contributed by atoms with E-state index in [1.54, 1.807) is 25.1 Å². The van der Waals surface area contributed by atoms with Gasteiger partial charge in [0.2, 0.25) is 0 Å². The van der Waals surface area contributed by atoms with Crippen molar-refractivity contribution in [2.45, 2.75) is 13.0 Å². The summed E-state index contributed by atoms with van der Waals surface area (Å²) in [5.41, 5.74) is 1.89. The number of nitrogens with zero attached hydrogens (tertiary/aromatic N) is 2. The summed E-state index contributed by atoms with van der Waals surface area (Å²) >= 11 is 1.21. The van der Waals surface area contributed by atoms with Gasteiger partial charge in [-0.15, -0.1) is 0 Å². The SMILES string of the molecule is COC(=O)C1=C(C)N=c2s/c(=C/c3cccc(F)c3)c(=O)n2[C@@H]1c1ccccc1. The fourth-order valence-electron chi connectivity index (χ4n) is 3.39. The molecule has 7 heteroatoms. The number of ether oxygens (including phenoxy) is 1. The Bertz CT molecular complexity index is 1310. The van der Waals surface area contributed by atoms with E-state index in [0.717, 1.165) is 5.56 Å². The number of allylic oxidation sites excluding steroid dienone is 1. The van der Waals surface area contributed by atoms with Crippen LogP contribution in [0.25, 0.3) is 6.08 Å². The molecule has 1 aromatic heterocycles. The highest BCUT2D eigenvalue weighted by molar-refractivity contribution is 7.07. The molecule has 0 saturated heterocycles. The highest BCUT2D eigenvalue weighted by atomic mass is 32.1. The summed E-state index contributed by atoms with van der Waals surface area (Å²) in [7, 11) is 1.31. The molecule has 1 atom stereocenters. The smallest absolute Gasteiger partial charge is 0.338 e. The lowest BCUT2D eigenvalue weighted by Crippen LogP contribution is -2.39. The van der Waals surface area contributed by atoms with E-state index >= 15 is 0 Å². The van der Waals surface area contributed by atoms with Crippen LogP contribution in [-0.4, -0.2) is 17.6 Å². The molecule has 29 heavy (non-hydrogen) atoms. The summed E-state index contributed by atoms with van der Waals surface area (Å²) < 4.78 is 20.4. The van der Waals surface area contributed by atoms with Crippen molar-refractivity contribution in [2.24, 2.45) is 4.99 Å². The van der Waals surface area contributed by atoms with Crippen molar-refractivity contribution in [3.05, 3.63) is 102 Å². The summed E-state index contributed by atoms with van der Waals surface area (Å²) in [6.45, 7) is 1.73. The summed E-state index contributed by atoms with van der Waals surface area (Å²) in [6.07, 6.45) is 1.63. The predicted molar refractivity (Wildman–Crippen MR) is 109 cm³/mol. The normalized spacial score (nSPS) is 16.4. The maximum atomic E-state index is 13.5. The molecule has 146 valence electrons. The average molecular weight is 408 g/mol. The van der Waals surface area contributed by atoms with E-state index in [4.69, 9.17) is 4.74 Å². The molecule has 5 nitrogen and oxygen atoms in total. The first kappa shape index (κ1) is 19.0. The molecule has 4 rings (SSSR count). The van der Waals surface area contributed by atoms with Crippen LogP contribution in [0.2, 0.25) is 0 Å². The molecular formula is C22H17FN2O3S. The van der Waals surface area contributed by atoms with Gasteiger partial charge in [0, 0.05) is 0 Å². The number of carbonyl (C=O) groups is 1. The minimum atomic E-state index is -0.644. The number of esters is 1. The second-order valence-electron chi connectivity index (χ2n) is 6.54. The molecule has 0 radical (unpaired) electrons. The van der Waals surface area contributed by atoms with Gasteiger partial charge in [0.1, 0.15) is 5.82 Å². The maximum Gasteiger partial charge on any atom is 0.338 e. The molecular weight excluding hydrogens is 391 g/mol. The van der Waals surface area contributed by atoms with E-state index in [9.17, 15) is 14.0 Å². The predicted octanol–water partition coefficient (Wildman–Crippen LogP) is 2.55. The number of hydrogen-bond donors (Lipinski definition) is 0. The molecule has 1 aliphatic heterocycles. The highest BCUT2D eigenvalue weighted by Gasteiger charge is 2.32. The van der Waals surface area contributed by atoms with Crippen LogP contribution >= 0.6 is 11.3 Å². The largest absolute Gasteiger partial charge is 0.466 e. The quantitative estimate of drug-likeness (QED) is 0.626. The lowest BCUT2D eigenvalue weighted by atomic mass is 9.96. The van der Waals surface area contributed by atoms with Crippen LogP contribution in [0.3, 0.4) is 0 Å². The van der Waals surface area contributed by atoms with Crippen LogP contribution in [0.1, 0.15) is 24.1 Å². The van der Waals surface area contributed by atoms with Crippen LogP contribution in [0.15, 0.2) is 75.7 Å². The number of benzene rings is 2. The Kier molecular flexibility index (Phi) is 4.98. The molecule has 0 unspecified atom stereocenters. The fourth-order valence-corrected chi connectivity index (χ4v) is 4.44. The first-order valence-electron chi connectivity index (χ1n) is 8.91. The van der Waals surface area contributed by atoms with E-state index in [0.29, 0.717) is 26.2 Å². The van der Waals surface area contributed by atoms with Crippen LogP contribution in [-0.2, 0) is 9.53 Å². The topological polar surface area (TPSA) is 60.7 Å². The summed E-state index contributed by atoms with van der Waals surface area (Å²) in [4.78, 5) is 30.7. The zero-order valence-corrected chi connectivity index (χ0v) is 16.6. The Morgan fingerprint density at radius 2 is 1.97 bits per heavy atom. The molecule has 0 amide bonds. The van der Waals surface area contributed by atoms with Gasteiger partial charge in [0.05, 0.1) is 29.0 Å². The average Bonchev–Trinajstić information content (AvgIpc) is 3.02. The van der Waals surface area contributed by atoms with Crippen LogP contribution in [0.5, 0.6) is 0 Å². The van der Waals surface area contributed by atoms with Crippen molar-refractivity contribution in [3.63, 3.8) is 0 Å². The van der Waals surface area contributed by atoms with Crippen LogP contribution in [0.4, 0.5) is 4.39 Å². The first-order valence-corrected chi connectivity index (χ1v) is 9.72. The van der Waals surface area contributed by atoms with Crippen molar-refractivity contribution < 1.29 is 13.9 Å². The number of aromatic nitrogens is 1. The standard InChI is InChI=1S/C22H17FN2O3S/c1-13-18(21(27)28-2)19(15-8-4-3-5-9-15)25-20(26)17(29-22(25)24-13)12-14-7-6-10-16(23)11-14/h3-12,19H,1-2H3/b17-12+/t19-/m1/s1. The third kappa shape index (κ3) is 3.45. The van der Waals surface area contributed by atoms with Crippen molar-refractivity contribution in [1.82, 2.24) is 4.57 Å². The summed E-state index contributed by atoms with van der Waals surface area (Å²) in [6, 6.07) is 14.7. The summed E-state index contributed by atoms with van der Waals surface area (Å²) in [5.74, 6) is -0.906. The zero-order chi connectivity index (χ0) is 20.5. The highest BCUT2D eigenvalue weighted by Crippen LogP contribution is 2.30. The van der Waals surface area contributed by atoms with Gasteiger partial charge in [0.15, 0.2) is 4.80 Å². The maximum absolute atomic E-state index is 13.5. The van der Waals surface area contributed by atoms with Crippen LogP contribution in [0, 0.1) is 5.82 Å². The first-order chi connectivity index (χ1) is 14.0. The molecule has 2 heterocycles. The minimum Gasteiger partial charge on any atom is -0.466 e. The van der Waals surface area contributed by atoms with Gasteiger partial charge in [-0.05, 0) is 36.3 Å². The molecule has 1 aliphatic rings. The van der Waals surface area contributed by atoms with Crippen molar-refractivity contribution in [2.75, 3.05) is 7.11 Å². The third-order valence-electron chi connectivity index (χ3n) is 4.69. The number of fused-ring (bicyclic) bond motifs is 1. The van der Waals surface area contributed by atoms with Gasteiger partial charge in [-0.1, -0.05) is 53.8 Å². The Balaban J connectivity index is 1.98. The lowest BCUT2D eigenvalue weighted by molar-refractivity contribution is -0.136. The molecule has 0 N–H and O–H groups in total. The molecule has 0 fully saturated rings. The molecule has 0 aliphatic carbocycles. The number of methoxy groups -OCH3 is 1. The van der Waals surface area contributed by atoms with Gasteiger partial charge in [-0.2, -0.15) is 0 Å².